The topological polar surface area (TPSA) is 90.9 Å². The molecule has 3 amide bonds. The highest BCUT2D eigenvalue weighted by Gasteiger charge is 2.31. The molecule has 0 saturated carbocycles. The van der Waals surface area contributed by atoms with Crippen LogP contribution in [0.4, 0.5) is 5.69 Å². The summed E-state index contributed by atoms with van der Waals surface area (Å²) in [5.41, 5.74) is 3.97. The Bertz CT molecular complexity index is 734. The molecule has 1 fully saturated rings. The van der Waals surface area contributed by atoms with E-state index in [1.807, 2.05) is 6.07 Å². The standard InChI is InChI=1S/C17H19ClN4O3/c18-11-2-1-3-14(8-11)22-10-13(9-17(22)25)19-15(23)6-4-12-5-7-16(24)21-20-12/h1-3,8,13H,4-7,9-10H2,(H,19,23)(H,21,24)/t13-/m1/s1. The van der Waals surface area contributed by atoms with E-state index in [1.165, 1.54) is 0 Å². The summed E-state index contributed by atoms with van der Waals surface area (Å²) < 4.78 is 0. The highest BCUT2D eigenvalue weighted by Crippen LogP contribution is 2.24. The molecule has 2 heterocycles. The Kier molecular flexibility index (Phi) is 5.33. The van der Waals surface area contributed by atoms with Crippen LogP contribution in [0.5, 0.6) is 0 Å². The van der Waals surface area contributed by atoms with Gasteiger partial charge in [-0.25, -0.2) is 5.43 Å². The molecular formula is C17H19ClN4O3. The quantitative estimate of drug-likeness (QED) is 0.833. The van der Waals surface area contributed by atoms with Gasteiger partial charge in [0.2, 0.25) is 17.7 Å². The number of rotatable bonds is 5. The van der Waals surface area contributed by atoms with Crippen LogP contribution < -0.4 is 15.6 Å². The van der Waals surface area contributed by atoms with Crippen LogP contribution in [-0.2, 0) is 14.4 Å². The van der Waals surface area contributed by atoms with Crippen molar-refractivity contribution in [2.45, 2.75) is 38.1 Å². The highest BCUT2D eigenvalue weighted by molar-refractivity contribution is 6.30. The minimum atomic E-state index is -0.216. The molecule has 3 rings (SSSR count). The summed E-state index contributed by atoms with van der Waals surface area (Å²) in [7, 11) is 0. The SMILES string of the molecule is O=C1CCC(CCC(=O)N[C@@H]2CC(=O)N(c3cccc(Cl)c3)C2)=NN1. The minimum Gasteiger partial charge on any atom is -0.351 e. The number of nitrogens with zero attached hydrogens (tertiary/aromatic N) is 2. The third kappa shape index (κ3) is 4.57. The van der Waals surface area contributed by atoms with Crippen molar-refractivity contribution in [1.82, 2.24) is 10.7 Å². The van der Waals surface area contributed by atoms with Crippen LogP contribution in [0.2, 0.25) is 5.02 Å². The van der Waals surface area contributed by atoms with Crippen LogP contribution in [0.3, 0.4) is 0 Å². The van der Waals surface area contributed by atoms with Crippen LogP contribution in [0, 0.1) is 0 Å². The summed E-state index contributed by atoms with van der Waals surface area (Å²) in [6, 6.07) is 6.89. The van der Waals surface area contributed by atoms with Crippen molar-refractivity contribution >= 4 is 40.7 Å². The Hall–Kier alpha value is -2.41. The van der Waals surface area contributed by atoms with Gasteiger partial charge >= 0.3 is 0 Å². The summed E-state index contributed by atoms with van der Waals surface area (Å²) in [6.45, 7) is 0.432. The van der Waals surface area contributed by atoms with E-state index in [-0.39, 0.29) is 36.6 Å². The predicted molar refractivity (Wildman–Crippen MR) is 94.4 cm³/mol. The van der Waals surface area contributed by atoms with Gasteiger partial charge in [-0.3, -0.25) is 14.4 Å². The average Bonchev–Trinajstić information content (AvgIpc) is 2.94. The number of amides is 3. The molecule has 2 aliphatic heterocycles. The number of hydrazone groups is 1. The van der Waals surface area contributed by atoms with Crippen LogP contribution in [0.25, 0.3) is 0 Å². The molecule has 2 aliphatic rings. The van der Waals surface area contributed by atoms with E-state index in [4.69, 9.17) is 11.6 Å². The Morgan fingerprint density at radius 3 is 2.92 bits per heavy atom. The fraction of sp³-hybridized carbons (Fsp3) is 0.412. The molecule has 0 spiro atoms. The summed E-state index contributed by atoms with van der Waals surface area (Å²) in [6.07, 6.45) is 2.06. The lowest BCUT2D eigenvalue weighted by Gasteiger charge is -2.17. The second-order valence-corrected chi connectivity index (χ2v) is 6.60. The van der Waals surface area contributed by atoms with Crippen molar-refractivity contribution in [3.8, 4) is 0 Å². The number of carbonyl (C=O) groups is 3. The van der Waals surface area contributed by atoms with Crippen molar-refractivity contribution in [3.05, 3.63) is 29.3 Å². The molecule has 1 aromatic carbocycles. The van der Waals surface area contributed by atoms with Crippen molar-refractivity contribution in [2.24, 2.45) is 5.10 Å². The number of carbonyl (C=O) groups excluding carboxylic acids is 3. The van der Waals surface area contributed by atoms with Gasteiger partial charge in [-0.15, -0.1) is 0 Å². The van der Waals surface area contributed by atoms with E-state index in [0.29, 0.717) is 30.8 Å². The van der Waals surface area contributed by atoms with Crippen molar-refractivity contribution in [3.63, 3.8) is 0 Å². The van der Waals surface area contributed by atoms with Gasteiger partial charge < -0.3 is 10.2 Å². The largest absolute Gasteiger partial charge is 0.351 e. The molecule has 8 heteroatoms. The van der Waals surface area contributed by atoms with E-state index in [2.05, 4.69) is 15.8 Å². The maximum Gasteiger partial charge on any atom is 0.240 e. The Morgan fingerprint density at radius 2 is 2.20 bits per heavy atom. The van der Waals surface area contributed by atoms with Crippen molar-refractivity contribution in [2.75, 3.05) is 11.4 Å². The fourth-order valence-corrected chi connectivity index (χ4v) is 3.13. The number of benzene rings is 1. The van der Waals surface area contributed by atoms with E-state index >= 15 is 0 Å². The van der Waals surface area contributed by atoms with E-state index in [0.717, 1.165) is 11.4 Å². The molecule has 0 unspecified atom stereocenters. The molecular weight excluding hydrogens is 344 g/mol. The Morgan fingerprint density at radius 1 is 1.36 bits per heavy atom. The maximum absolute atomic E-state index is 12.2. The van der Waals surface area contributed by atoms with E-state index in [1.54, 1.807) is 23.1 Å². The minimum absolute atomic E-state index is 0.0352. The molecule has 1 saturated heterocycles. The van der Waals surface area contributed by atoms with Crippen LogP contribution in [0.15, 0.2) is 29.4 Å². The van der Waals surface area contributed by atoms with Gasteiger partial charge in [-0.2, -0.15) is 5.10 Å². The molecule has 0 aromatic heterocycles. The summed E-state index contributed by atoms with van der Waals surface area (Å²) >= 11 is 5.97. The molecule has 0 bridgehead atoms. The first-order chi connectivity index (χ1) is 12.0. The molecule has 25 heavy (non-hydrogen) atoms. The van der Waals surface area contributed by atoms with Crippen LogP contribution in [-0.4, -0.2) is 36.0 Å². The van der Waals surface area contributed by atoms with Gasteiger partial charge in [0, 0.05) is 42.2 Å². The van der Waals surface area contributed by atoms with E-state index < -0.39 is 0 Å². The molecule has 2 N–H and O–H groups in total. The molecule has 1 aromatic rings. The zero-order chi connectivity index (χ0) is 17.8. The fourth-order valence-electron chi connectivity index (χ4n) is 2.95. The second-order valence-electron chi connectivity index (χ2n) is 6.17. The molecule has 0 aliphatic carbocycles. The van der Waals surface area contributed by atoms with Gasteiger partial charge in [0.05, 0.1) is 6.04 Å². The highest BCUT2D eigenvalue weighted by atomic mass is 35.5. The maximum atomic E-state index is 12.2. The second kappa shape index (κ2) is 7.65. The molecule has 7 nitrogen and oxygen atoms in total. The first-order valence-corrected chi connectivity index (χ1v) is 8.58. The lowest BCUT2D eigenvalue weighted by molar-refractivity contribution is -0.122. The lowest BCUT2D eigenvalue weighted by Crippen LogP contribution is -2.37. The van der Waals surface area contributed by atoms with Gasteiger partial charge in [-0.05, 0) is 31.0 Å². The number of halogens is 1. The van der Waals surface area contributed by atoms with Gasteiger partial charge in [0.15, 0.2) is 0 Å². The first kappa shape index (κ1) is 17.4. The van der Waals surface area contributed by atoms with Crippen molar-refractivity contribution in [1.29, 1.82) is 0 Å². The third-order valence-corrected chi connectivity index (χ3v) is 4.47. The zero-order valence-electron chi connectivity index (χ0n) is 13.6. The number of nitrogens with one attached hydrogen (secondary N) is 2. The molecule has 1 atom stereocenters. The summed E-state index contributed by atoms with van der Waals surface area (Å²) in [4.78, 5) is 37.0. The summed E-state index contributed by atoms with van der Waals surface area (Å²) in [5.74, 6) is -0.254. The first-order valence-electron chi connectivity index (χ1n) is 8.21. The van der Waals surface area contributed by atoms with E-state index in [9.17, 15) is 14.4 Å². The van der Waals surface area contributed by atoms with Gasteiger partial charge in [-0.1, -0.05) is 17.7 Å². The van der Waals surface area contributed by atoms with Crippen LogP contribution >= 0.6 is 11.6 Å². The Labute approximate surface area is 150 Å². The third-order valence-electron chi connectivity index (χ3n) is 4.23. The van der Waals surface area contributed by atoms with Gasteiger partial charge in [0.1, 0.15) is 0 Å². The monoisotopic (exact) mass is 362 g/mol. The van der Waals surface area contributed by atoms with Crippen molar-refractivity contribution < 1.29 is 14.4 Å². The smallest absolute Gasteiger partial charge is 0.240 e. The Balaban J connectivity index is 1.49. The number of hydrogen-bond acceptors (Lipinski definition) is 4. The molecule has 0 radical (unpaired) electrons. The zero-order valence-corrected chi connectivity index (χ0v) is 14.4. The average molecular weight is 363 g/mol. The number of anilines is 1. The molecule has 132 valence electrons. The van der Waals surface area contributed by atoms with Crippen LogP contribution in [0.1, 0.15) is 32.1 Å². The normalized spacial score (nSPS) is 20.3. The lowest BCUT2D eigenvalue weighted by atomic mass is 10.1. The van der Waals surface area contributed by atoms with Gasteiger partial charge in [0.25, 0.3) is 0 Å². The number of hydrogen-bond donors (Lipinski definition) is 2. The summed E-state index contributed by atoms with van der Waals surface area (Å²) in [5, 5.41) is 7.41. The predicted octanol–water partition coefficient (Wildman–Crippen LogP) is 1.61.